The minimum absolute atomic E-state index is 0.295. The first kappa shape index (κ1) is 22.9. The smallest absolute Gasteiger partial charge is 0.149 e. The summed E-state index contributed by atoms with van der Waals surface area (Å²) in [5.41, 5.74) is 3.84. The molecule has 30 heavy (non-hydrogen) atoms. The summed E-state index contributed by atoms with van der Waals surface area (Å²) in [5, 5.41) is 3.91. The van der Waals surface area contributed by atoms with E-state index in [9.17, 15) is 0 Å². The molecule has 0 aliphatic rings. The van der Waals surface area contributed by atoms with E-state index >= 15 is 0 Å². The minimum Gasteiger partial charge on any atom is -0.490 e. The fourth-order valence-corrected chi connectivity index (χ4v) is 2.77. The fourth-order valence-electron chi connectivity index (χ4n) is 2.77. The Morgan fingerprint density at radius 1 is 0.933 bits per heavy atom. The third-order valence-corrected chi connectivity index (χ3v) is 4.24. The lowest BCUT2D eigenvalue weighted by atomic mass is 10.1. The Morgan fingerprint density at radius 2 is 1.57 bits per heavy atom. The fraction of sp³-hybridized carbons (Fsp3) is 0.320. The third kappa shape index (κ3) is 7.21. The van der Waals surface area contributed by atoms with Crippen molar-refractivity contribution in [1.29, 1.82) is 0 Å². The van der Waals surface area contributed by atoms with Gasteiger partial charge in [-0.15, -0.1) is 0 Å². The van der Waals surface area contributed by atoms with E-state index in [1.54, 1.807) is 0 Å². The third-order valence-electron chi connectivity index (χ3n) is 4.24. The topological polar surface area (TPSA) is 49.3 Å². The lowest BCUT2D eigenvalue weighted by molar-refractivity contribution is 0.213. The number of benzene rings is 2. The standard InChI is InChI=1S/C25H29NO4/c1-6-7-14-29-24-17-19(2)25(20(3)18-24)30-16-9-8-15-28-23-12-10-22(11-13-23)21(4)26-27-5/h6-7,10-13,17-18H,14-16H2,1-5H3/b7-6+,26-21?. The van der Waals surface area contributed by atoms with Crippen LogP contribution in [0.25, 0.3) is 0 Å². The molecule has 0 atom stereocenters. The highest BCUT2D eigenvalue weighted by atomic mass is 16.6. The molecule has 0 amide bonds. The summed E-state index contributed by atoms with van der Waals surface area (Å²) in [7, 11) is 1.53. The number of rotatable bonds is 9. The van der Waals surface area contributed by atoms with Gasteiger partial charge in [0.15, 0.2) is 0 Å². The van der Waals surface area contributed by atoms with Crippen LogP contribution in [0.4, 0.5) is 0 Å². The van der Waals surface area contributed by atoms with Gasteiger partial charge in [0.25, 0.3) is 0 Å². The zero-order valence-corrected chi connectivity index (χ0v) is 18.3. The summed E-state index contributed by atoms with van der Waals surface area (Å²) in [5.74, 6) is 8.39. The van der Waals surface area contributed by atoms with E-state index in [2.05, 4.69) is 17.0 Å². The molecular weight excluding hydrogens is 378 g/mol. The summed E-state index contributed by atoms with van der Waals surface area (Å²) < 4.78 is 17.2. The van der Waals surface area contributed by atoms with E-state index < -0.39 is 0 Å². The number of hydrogen-bond donors (Lipinski definition) is 0. The highest BCUT2D eigenvalue weighted by molar-refractivity contribution is 5.98. The van der Waals surface area contributed by atoms with E-state index in [0.717, 1.165) is 39.7 Å². The van der Waals surface area contributed by atoms with Gasteiger partial charge >= 0.3 is 0 Å². The van der Waals surface area contributed by atoms with Crippen molar-refractivity contribution < 1.29 is 19.0 Å². The largest absolute Gasteiger partial charge is 0.490 e. The molecule has 0 spiro atoms. The molecule has 5 nitrogen and oxygen atoms in total. The molecule has 2 aromatic carbocycles. The van der Waals surface area contributed by atoms with E-state index in [-0.39, 0.29) is 0 Å². The second-order valence-electron chi connectivity index (χ2n) is 6.58. The first-order valence-electron chi connectivity index (χ1n) is 9.79. The molecule has 158 valence electrons. The van der Waals surface area contributed by atoms with E-state index in [1.165, 1.54) is 7.11 Å². The molecule has 5 heteroatoms. The van der Waals surface area contributed by atoms with Crippen molar-refractivity contribution in [2.24, 2.45) is 5.16 Å². The average Bonchev–Trinajstić information content (AvgIpc) is 2.73. The molecule has 0 aromatic heterocycles. The minimum atomic E-state index is 0.295. The predicted octanol–water partition coefficient (Wildman–Crippen LogP) is 5.09. The zero-order valence-electron chi connectivity index (χ0n) is 18.3. The molecule has 0 radical (unpaired) electrons. The number of allylic oxidation sites excluding steroid dienone is 1. The highest BCUT2D eigenvalue weighted by Gasteiger charge is 2.06. The number of hydrogen-bond acceptors (Lipinski definition) is 5. The maximum atomic E-state index is 5.84. The zero-order chi connectivity index (χ0) is 21.8. The molecule has 0 saturated carbocycles. The first-order chi connectivity index (χ1) is 14.5. The summed E-state index contributed by atoms with van der Waals surface area (Å²) in [4.78, 5) is 4.78. The van der Waals surface area contributed by atoms with Gasteiger partial charge in [-0.25, -0.2) is 0 Å². The Labute approximate surface area is 179 Å². The summed E-state index contributed by atoms with van der Waals surface area (Å²) in [6.07, 6.45) is 3.94. The molecule has 0 saturated heterocycles. The van der Waals surface area contributed by atoms with Crippen molar-refractivity contribution in [3.05, 3.63) is 65.2 Å². The van der Waals surface area contributed by atoms with Crippen LogP contribution < -0.4 is 14.2 Å². The molecule has 0 fully saturated rings. The number of nitrogens with zero attached hydrogens (tertiary/aromatic N) is 1. The van der Waals surface area contributed by atoms with Crippen LogP contribution in [0.2, 0.25) is 0 Å². The Morgan fingerprint density at radius 3 is 2.17 bits per heavy atom. The normalized spacial score (nSPS) is 11.0. The second-order valence-corrected chi connectivity index (χ2v) is 6.58. The van der Waals surface area contributed by atoms with Crippen molar-refractivity contribution in [2.45, 2.75) is 27.7 Å². The van der Waals surface area contributed by atoms with Gasteiger partial charge in [0.1, 0.15) is 44.2 Å². The van der Waals surface area contributed by atoms with E-state index in [1.807, 2.05) is 76.2 Å². The van der Waals surface area contributed by atoms with Crippen LogP contribution in [0.3, 0.4) is 0 Å². The van der Waals surface area contributed by atoms with Crippen LogP contribution in [-0.2, 0) is 4.84 Å². The number of ether oxygens (including phenoxy) is 3. The van der Waals surface area contributed by atoms with Crippen LogP contribution in [-0.4, -0.2) is 32.6 Å². The van der Waals surface area contributed by atoms with Crippen molar-refractivity contribution in [2.75, 3.05) is 26.9 Å². The molecule has 0 bridgehead atoms. The Kier molecular flexibility index (Phi) is 9.33. The van der Waals surface area contributed by atoms with Crippen molar-refractivity contribution in [1.82, 2.24) is 0 Å². The van der Waals surface area contributed by atoms with Crippen LogP contribution in [0.1, 0.15) is 30.5 Å². The molecule has 0 unspecified atom stereocenters. The summed E-state index contributed by atoms with van der Waals surface area (Å²) >= 11 is 0. The highest BCUT2D eigenvalue weighted by Crippen LogP contribution is 2.28. The molecule has 0 aliphatic heterocycles. The van der Waals surface area contributed by atoms with Gasteiger partial charge in [0.05, 0.1) is 5.71 Å². The molecule has 2 aromatic rings. The van der Waals surface area contributed by atoms with Gasteiger partial charge in [-0.3, -0.25) is 0 Å². The maximum Gasteiger partial charge on any atom is 0.149 e. The number of aryl methyl sites for hydroxylation is 2. The van der Waals surface area contributed by atoms with E-state index in [0.29, 0.717) is 19.8 Å². The predicted molar refractivity (Wildman–Crippen MR) is 121 cm³/mol. The quantitative estimate of drug-likeness (QED) is 0.251. The molecule has 0 heterocycles. The Balaban J connectivity index is 1.82. The Hall–Kier alpha value is -3.39. The molecule has 2 rings (SSSR count). The molecule has 0 N–H and O–H groups in total. The van der Waals surface area contributed by atoms with Crippen LogP contribution in [0.15, 0.2) is 53.7 Å². The van der Waals surface area contributed by atoms with Gasteiger partial charge in [0.2, 0.25) is 0 Å². The average molecular weight is 408 g/mol. The Bertz CT molecular complexity index is 911. The van der Waals surface area contributed by atoms with E-state index in [4.69, 9.17) is 19.0 Å². The van der Waals surface area contributed by atoms with Crippen LogP contribution in [0, 0.1) is 25.7 Å². The lowest BCUT2D eigenvalue weighted by Gasteiger charge is -2.12. The van der Waals surface area contributed by atoms with Crippen LogP contribution >= 0.6 is 0 Å². The molecule has 0 aliphatic carbocycles. The monoisotopic (exact) mass is 407 g/mol. The van der Waals surface area contributed by atoms with Gasteiger partial charge < -0.3 is 19.0 Å². The van der Waals surface area contributed by atoms with Gasteiger partial charge in [0, 0.05) is 0 Å². The van der Waals surface area contributed by atoms with Gasteiger partial charge in [-0.2, -0.15) is 0 Å². The van der Waals surface area contributed by atoms with Gasteiger partial charge in [-0.05, 0) is 80.8 Å². The second kappa shape index (κ2) is 12.2. The maximum absolute atomic E-state index is 5.84. The van der Waals surface area contributed by atoms with Gasteiger partial charge in [-0.1, -0.05) is 29.1 Å². The van der Waals surface area contributed by atoms with Crippen LogP contribution in [0.5, 0.6) is 17.2 Å². The van der Waals surface area contributed by atoms with Crippen molar-refractivity contribution in [3.8, 4) is 29.1 Å². The number of oxime groups is 1. The lowest BCUT2D eigenvalue weighted by Crippen LogP contribution is -2.01. The summed E-state index contributed by atoms with van der Waals surface area (Å²) in [6, 6.07) is 11.6. The van der Waals surface area contributed by atoms with Crippen molar-refractivity contribution >= 4 is 5.71 Å². The SMILES string of the molecule is C/C=C/COc1cc(C)c(OCC#CCOc2ccc(C(C)=NOC)cc2)c(C)c1. The van der Waals surface area contributed by atoms with Crippen molar-refractivity contribution in [3.63, 3.8) is 0 Å². The summed E-state index contributed by atoms with van der Waals surface area (Å²) in [6.45, 7) is 9.02. The molecular formula is C25H29NO4. The first-order valence-corrected chi connectivity index (χ1v) is 9.79.